The molecule has 2 aromatic heterocycles. The minimum absolute atomic E-state index is 0.0450. The first-order valence-corrected chi connectivity index (χ1v) is 10.0. The molecule has 0 radical (unpaired) electrons. The Labute approximate surface area is 166 Å². The molecule has 0 saturated heterocycles. The summed E-state index contributed by atoms with van der Waals surface area (Å²) in [6, 6.07) is 9.35. The van der Waals surface area contributed by atoms with Gasteiger partial charge >= 0.3 is 0 Å². The van der Waals surface area contributed by atoms with Crippen LogP contribution in [0.4, 0.5) is 0 Å². The van der Waals surface area contributed by atoms with Crippen molar-refractivity contribution in [3.8, 4) is 34.5 Å². The van der Waals surface area contributed by atoms with Crippen LogP contribution in [0.2, 0.25) is 0 Å². The van der Waals surface area contributed by atoms with Crippen molar-refractivity contribution in [2.75, 3.05) is 19.5 Å². The van der Waals surface area contributed by atoms with Gasteiger partial charge in [-0.2, -0.15) is 5.26 Å². The van der Waals surface area contributed by atoms with Crippen LogP contribution in [-0.4, -0.2) is 34.0 Å². The Kier molecular flexibility index (Phi) is 6.06. The Morgan fingerprint density at radius 3 is 2.29 bits per heavy atom. The normalized spacial score (nSPS) is 10.5. The van der Waals surface area contributed by atoms with E-state index in [2.05, 4.69) is 9.97 Å². The highest BCUT2D eigenvalue weighted by Gasteiger charge is 2.20. The van der Waals surface area contributed by atoms with Crippen LogP contribution in [0.5, 0.6) is 11.5 Å². The summed E-state index contributed by atoms with van der Waals surface area (Å²) >= 11 is 1.30. The van der Waals surface area contributed by atoms with Crippen molar-refractivity contribution in [1.82, 2.24) is 14.5 Å². The number of benzene rings is 1. The molecule has 0 aliphatic rings. The Hall–Kier alpha value is -3.18. The first-order chi connectivity index (χ1) is 13.6. The fourth-order valence-electron chi connectivity index (χ4n) is 2.85. The average Bonchev–Trinajstić information content (AvgIpc) is 3.22. The van der Waals surface area contributed by atoms with Crippen LogP contribution >= 0.6 is 11.8 Å². The molecule has 0 saturated carbocycles. The zero-order valence-corrected chi connectivity index (χ0v) is 16.7. The van der Waals surface area contributed by atoms with Crippen molar-refractivity contribution < 1.29 is 9.47 Å². The van der Waals surface area contributed by atoms with E-state index < -0.39 is 5.56 Å². The summed E-state index contributed by atoms with van der Waals surface area (Å²) in [7, 11) is 0. The molecule has 28 heavy (non-hydrogen) atoms. The number of hydrogen-bond acceptors (Lipinski definition) is 6. The SMILES string of the molecule is CCOc1cc(-c2nc(SC)[nH]c(=O)c2C#N)cc(OCC)c1-n1cccc1. The van der Waals surface area contributed by atoms with Gasteiger partial charge in [-0.3, -0.25) is 4.79 Å². The molecular formula is C20H20N4O3S. The van der Waals surface area contributed by atoms with E-state index in [-0.39, 0.29) is 5.56 Å². The fourth-order valence-corrected chi connectivity index (χ4v) is 3.23. The van der Waals surface area contributed by atoms with E-state index in [9.17, 15) is 10.1 Å². The van der Waals surface area contributed by atoms with Crippen molar-refractivity contribution in [3.63, 3.8) is 0 Å². The molecule has 3 rings (SSSR count). The van der Waals surface area contributed by atoms with Crippen molar-refractivity contribution in [1.29, 1.82) is 5.26 Å². The lowest BCUT2D eigenvalue weighted by molar-refractivity contribution is 0.321. The number of nitrogens with zero attached hydrogens (tertiary/aromatic N) is 3. The molecule has 0 spiro atoms. The molecule has 0 unspecified atom stereocenters. The summed E-state index contributed by atoms with van der Waals surface area (Å²) in [5.74, 6) is 1.16. The van der Waals surface area contributed by atoms with Gasteiger partial charge in [-0.05, 0) is 44.4 Å². The highest BCUT2D eigenvalue weighted by molar-refractivity contribution is 7.98. The van der Waals surface area contributed by atoms with Crippen LogP contribution < -0.4 is 15.0 Å². The number of hydrogen-bond donors (Lipinski definition) is 1. The van der Waals surface area contributed by atoms with Gasteiger partial charge in [-0.25, -0.2) is 4.98 Å². The van der Waals surface area contributed by atoms with E-state index in [1.54, 1.807) is 18.4 Å². The van der Waals surface area contributed by atoms with E-state index in [1.165, 1.54) is 11.8 Å². The molecule has 2 heterocycles. The third kappa shape index (κ3) is 3.75. The van der Waals surface area contributed by atoms with Crippen LogP contribution in [-0.2, 0) is 0 Å². The molecule has 0 aliphatic carbocycles. The van der Waals surface area contributed by atoms with E-state index in [4.69, 9.17) is 9.47 Å². The summed E-state index contributed by atoms with van der Waals surface area (Å²) < 4.78 is 13.6. The molecule has 0 bridgehead atoms. The Balaban J connectivity index is 2.31. The first-order valence-electron chi connectivity index (χ1n) is 8.78. The first kappa shape index (κ1) is 19.6. The minimum Gasteiger partial charge on any atom is -0.492 e. The van der Waals surface area contributed by atoms with Gasteiger partial charge in [0, 0.05) is 18.0 Å². The quantitative estimate of drug-likeness (QED) is 0.484. The van der Waals surface area contributed by atoms with Crippen molar-refractivity contribution in [3.05, 3.63) is 52.6 Å². The number of thioether (sulfide) groups is 1. The largest absolute Gasteiger partial charge is 0.492 e. The molecule has 144 valence electrons. The molecule has 0 atom stereocenters. The number of aromatic amines is 1. The number of ether oxygens (including phenoxy) is 2. The van der Waals surface area contributed by atoms with Crippen molar-refractivity contribution >= 4 is 11.8 Å². The molecule has 8 heteroatoms. The van der Waals surface area contributed by atoms with Crippen LogP contribution in [0, 0.1) is 11.3 Å². The predicted molar refractivity (Wildman–Crippen MR) is 108 cm³/mol. The Morgan fingerprint density at radius 1 is 1.18 bits per heavy atom. The number of nitrogens with one attached hydrogen (secondary N) is 1. The lowest BCUT2D eigenvalue weighted by atomic mass is 10.1. The lowest BCUT2D eigenvalue weighted by Crippen LogP contribution is -2.15. The highest BCUT2D eigenvalue weighted by atomic mass is 32.2. The summed E-state index contributed by atoms with van der Waals surface area (Å²) in [4.78, 5) is 19.4. The topological polar surface area (TPSA) is 92.9 Å². The van der Waals surface area contributed by atoms with Gasteiger partial charge < -0.3 is 19.0 Å². The number of aromatic nitrogens is 3. The third-order valence-corrected chi connectivity index (χ3v) is 4.56. The molecule has 0 amide bonds. The smallest absolute Gasteiger partial charge is 0.270 e. The monoisotopic (exact) mass is 396 g/mol. The van der Waals surface area contributed by atoms with Gasteiger partial charge in [0.2, 0.25) is 0 Å². The van der Waals surface area contributed by atoms with Crippen molar-refractivity contribution in [2.45, 2.75) is 19.0 Å². The Morgan fingerprint density at radius 2 is 1.79 bits per heavy atom. The molecule has 1 aromatic carbocycles. The standard InChI is InChI=1S/C20H20N4O3S/c1-4-26-15-10-13(17-14(12-21)19(25)23-20(22-17)28-3)11-16(27-5-2)18(15)24-8-6-7-9-24/h6-11H,4-5H2,1-3H3,(H,22,23,25). The zero-order valence-electron chi connectivity index (χ0n) is 15.9. The Bertz CT molecular complexity index is 1040. The van der Waals surface area contributed by atoms with Gasteiger partial charge in [0.25, 0.3) is 5.56 Å². The number of H-pyrrole nitrogens is 1. The molecule has 0 fully saturated rings. The summed E-state index contributed by atoms with van der Waals surface area (Å²) in [5, 5.41) is 9.93. The van der Waals surface area contributed by atoms with Crippen molar-refractivity contribution in [2.24, 2.45) is 0 Å². The molecule has 1 N–H and O–H groups in total. The predicted octanol–water partition coefficient (Wildman–Crippen LogP) is 3.62. The second-order valence-electron chi connectivity index (χ2n) is 5.69. The average molecular weight is 396 g/mol. The second kappa shape index (κ2) is 8.67. The molecule has 0 aliphatic heterocycles. The maximum atomic E-state index is 12.3. The lowest BCUT2D eigenvalue weighted by Gasteiger charge is -2.18. The van der Waals surface area contributed by atoms with Gasteiger partial charge in [-0.1, -0.05) is 11.8 Å². The number of rotatable bonds is 7. The van der Waals surface area contributed by atoms with Crippen LogP contribution in [0.25, 0.3) is 16.9 Å². The third-order valence-electron chi connectivity index (χ3n) is 3.98. The zero-order chi connectivity index (χ0) is 20.1. The van der Waals surface area contributed by atoms with Crippen LogP contribution in [0.3, 0.4) is 0 Å². The summed E-state index contributed by atoms with van der Waals surface area (Å²) in [6.45, 7) is 4.69. The minimum atomic E-state index is -0.470. The summed E-state index contributed by atoms with van der Waals surface area (Å²) in [6.07, 6.45) is 5.61. The maximum Gasteiger partial charge on any atom is 0.270 e. The van der Waals surface area contributed by atoms with E-state index in [0.717, 1.165) is 5.69 Å². The maximum absolute atomic E-state index is 12.3. The second-order valence-corrected chi connectivity index (χ2v) is 6.48. The number of nitriles is 1. The molecular weight excluding hydrogens is 376 g/mol. The van der Waals surface area contributed by atoms with Gasteiger partial charge in [0.1, 0.15) is 28.8 Å². The van der Waals surface area contributed by atoms with Gasteiger partial charge in [0.05, 0.1) is 18.9 Å². The van der Waals surface area contributed by atoms with Gasteiger partial charge in [0.15, 0.2) is 5.16 Å². The van der Waals surface area contributed by atoms with E-state index in [1.807, 2.05) is 49.0 Å². The molecule has 7 nitrogen and oxygen atoms in total. The fraction of sp³-hybridized carbons (Fsp3) is 0.250. The molecule has 3 aromatic rings. The van der Waals surface area contributed by atoms with Gasteiger partial charge in [-0.15, -0.1) is 0 Å². The van der Waals surface area contributed by atoms with Crippen LogP contribution in [0.15, 0.2) is 46.6 Å². The van der Waals surface area contributed by atoms with E-state index in [0.29, 0.717) is 41.1 Å². The van der Waals surface area contributed by atoms with Crippen LogP contribution in [0.1, 0.15) is 19.4 Å². The summed E-state index contributed by atoms with van der Waals surface area (Å²) in [5.41, 5.74) is 1.13. The highest BCUT2D eigenvalue weighted by Crippen LogP contribution is 2.38. The van der Waals surface area contributed by atoms with E-state index >= 15 is 0 Å².